The molecule has 0 aliphatic rings. The number of hydrogen-bond donors (Lipinski definition) is 3. The van der Waals surface area contributed by atoms with Crippen molar-refractivity contribution in [3.05, 3.63) is 0 Å². The largest absolute Gasteiger partial charge is 0.472 e. The van der Waals surface area contributed by atoms with Crippen LogP contribution in [0.1, 0.15) is 318 Å². The molecule has 492 valence electrons. The average molecular weight is 1230 g/mol. The summed E-state index contributed by atoms with van der Waals surface area (Å²) >= 11 is 0. The van der Waals surface area contributed by atoms with Gasteiger partial charge in [-0.05, 0) is 37.5 Å². The Balaban J connectivity index is 5.14. The summed E-state index contributed by atoms with van der Waals surface area (Å²) in [6.07, 6.45) is 39.3. The van der Waals surface area contributed by atoms with Crippen LogP contribution in [0.2, 0.25) is 0 Å². The molecule has 0 fully saturated rings. The number of phosphoric ester groups is 2. The van der Waals surface area contributed by atoms with E-state index in [4.69, 9.17) is 37.0 Å². The molecule has 3 N–H and O–H groups in total. The number of rotatable bonds is 63. The Labute approximate surface area is 505 Å². The number of carbonyl (C=O) groups is 4. The number of ether oxygens (including phenoxy) is 4. The molecule has 6 atom stereocenters. The van der Waals surface area contributed by atoms with E-state index < -0.39 is 97.5 Å². The van der Waals surface area contributed by atoms with Crippen molar-refractivity contribution in [3.8, 4) is 0 Å². The lowest BCUT2D eigenvalue weighted by molar-refractivity contribution is -0.161. The number of aliphatic hydroxyl groups excluding tert-OH is 1. The molecule has 83 heavy (non-hydrogen) atoms. The molecule has 3 unspecified atom stereocenters. The molecule has 0 bridgehead atoms. The monoisotopic (exact) mass is 1230 g/mol. The maximum Gasteiger partial charge on any atom is 0.472 e. The van der Waals surface area contributed by atoms with E-state index in [2.05, 4.69) is 41.5 Å². The lowest BCUT2D eigenvalue weighted by Crippen LogP contribution is -2.30. The van der Waals surface area contributed by atoms with Crippen molar-refractivity contribution in [2.75, 3.05) is 39.6 Å². The van der Waals surface area contributed by atoms with Gasteiger partial charge in [-0.2, -0.15) is 0 Å². The maximum absolute atomic E-state index is 13.0. The summed E-state index contributed by atoms with van der Waals surface area (Å²) in [5, 5.41) is 10.5. The van der Waals surface area contributed by atoms with Crippen LogP contribution in [0.5, 0.6) is 0 Å². The summed E-state index contributed by atoms with van der Waals surface area (Å²) in [6, 6.07) is 0. The topological polar surface area (TPSA) is 237 Å². The van der Waals surface area contributed by atoms with E-state index in [0.717, 1.165) is 108 Å². The highest BCUT2D eigenvalue weighted by atomic mass is 31.2. The molecule has 0 aliphatic carbocycles. The molecular weight excluding hydrogens is 1100 g/mol. The first-order valence-electron chi connectivity index (χ1n) is 33.5. The molecule has 0 saturated carbocycles. The van der Waals surface area contributed by atoms with E-state index in [0.29, 0.717) is 25.7 Å². The first-order valence-corrected chi connectivity index (χ1v) is 36.5. The molecule has 0 aromatic carbocycles. The third kappa shape index (κ3) is 57.6. The van der Waals surface area contributed by atoms with Crippen molar-refractivity contribution in [1.29, 1.82) is 0 Å². The van der Waals surface area contributed by atoms with Crippen molar-refractivity contribution < 1.29 is 80.2 Å². The van der Waals surface area contributed by atoms with Crippen molar-refractivity contribution in [3.63, 3.8) is 0 Å². The SMILES string of the molecule is CCCCCCCCCCCC(=O)O[C@H](COC(=O)CCCCCCC)COP(=O)(O)OC[C@H](O)COP(=O)(O)OC[C@@H](COC(=O)CCCCCCCCCCC(C)C)OC(=O)CCCCCCCCCCCCCCCCC(C)CC. The van der Waals surface area contributed by atoms with Gasteiger partial charge < -0.3 is 33.8 Å². The van der Waals surface area contributed by atoms with E-state index in [1.54, 1.807) is 0 Å². The Hall–Kier alpha value is -1.94. The third-order valence-electron chi connectivity index (χ3n) is 15.1. The molecule has 19 heteroatoms. The number of esters is 4. The summed E-state index contributed by atoms with van der Waals surface area (Å²) in [4.78, 5) is 71.9. The van der Waals surface area contributed by atoms with Crippen LogP contribution in [0.3, 0.4) is 0 Å². The Bertz CT molecular complexity index is 1630. The van der Waals surface area contributed by atoms with E-state index in [-0.39, 0.29) is 25.7 Å². The number of unbranched alkanes of at least 4 members (excludes halogenated alkanes) is 32. The molecule has 17 nitrogen and oxygen atoms in total. The van der Waals surface area contributed by atoms with E-state index in [9.17, 15) is 43.2 Å². The second-order valence-corrected chi connectivity index (χ2v) is 26.8. The lowest BCUT2D eigenvalue weighted by atomic mass is 9.99. The van der Waals surface area contributed by atoms with Crippen LogP contribution in [0, 0.1) is 11.8 Å². The Morgan fingerprint density at radius 3 is 0.916 bits per heavy atom. The van der Waals surface area contributed by atoms with Crippen LogP contribution in [0.25, 0.3) is 0 Å². The van der Waals surface area contributed by atoms with Gasteiger partial charge in [0.25, 0.3) is 0 Å². The first kappa shape index (κ1) is 81.1. The zero-order valence-corrected chi connectivity index (χ0v) is 55.3. The van der Waals surface area contributed by atoms with E-state index in [1.807, 2.05) is 0 Å². The fourth-order valence-electron chi connectivity index (χ4n) is 9.50. The van der Waals surface area contributed by atoms with Gasteiger partial charge in [0, 0.05) is 25.7 Å². The Morgan fingerprint density at radius 2 is 0.614 bits per heavy atom. The lowest BCUT2D eigenvalue weighted by Gasteiger charge is -2.21. The summed E-state index contributed by atoms with van der Waals surface area (Å²) < 4.78 is 67.8. The fourth-order valence-corrected chi connectivity index (χ4v) is 11.1. The highest BCUT2D eigenvalue weighted by Gasteiger charge is 2.30. The van der Waals surface area contributed by atoms with Gasteiger partial charge in [0.15, 0.2) is 12.2 Å². The molecular formula is C64H124O17P2. The molecule has 0 aromatic rings. The molecule has 0 radical (unpaired) electrons. The zero-order chi connectivity index (χ0) is 61.5. The van der Waals surface area contributed by atoms with Crippen LogP contribution >= 0.6 is 15.6 Å². The van der Waals surface area contributed by atoms with Crippen molar-refractivity contribution in [2.24, 2.45) is 11.8 Å². The number of phosphoric acid groups is 2. The molecule has 0 spiro atoms. The molecule has 0 rings (SSSR count). The van der Waals surface area contributed by atoms with Crippen molar-refractivity contribution >= 4 is 39.5 Å². The molecule has 0 heterocycles. The smallest absolute Gasteiger partial charge is 0.462 e. The molecule has 0 aliphatic heterocycles. The van der Waals surface area contributed by atoms with Gasteiger partial charge in [-0.15, -0.1) is 0 Å². The van der Waals surface area contributed by atoms with Gasteiger partial charge in [0.1, 0.15) is 19.3 Å². The predicted molar refractivity (Wildman–Crippen MR) is 331 cm³/mol. The van der Waals surface area contributed by atoms with Crippen LogP contribution < -0.4 is 0 Å². The van der Waals surface area contributed by atoms with Gasteiger partial charge >= 0.3 is 39.5 Å². The summed E-state index contributed by atoms with van der Waals surface area (Å²) in [7, 11) is -9.88. The molecule has 0 saturated heterocycles. The third-order valence-corrected chi connectivity index (χ3v) is 17.0. The van der Waals surface area contributed by atoms with Crippen LogP contribution in [0.4, 0.5) is 0 Å². The predicted octanol–water partition coefficient (Wildman–Crippen LogP) is 17.7. The standard InChI is InChI=1S/C64H124O17P2/c1-7-10-12-14-15-22-30-36-42-48-63(68)80-59(52-74-61(66)46-40-32-13-11-8-2)54-78-82(70,71)76-50-58(65)51-77-83(72,73)79-55-60(53-75-62(67)47-41-35-29-26-25-27-33-38-44-56(4)5)81-64(69)49-43-37-31-24-21-19-17-16-18-20-23-28-34-39-45-57(6)9-3/h56-60,65H,7-55H2,1-6H3,(H,70,71)(H,72,73)/t57?,58-,59+,60+/m0/s1. The number of aliphatic hydroxyl groups is 1. The van der Waals surface area contributed by atoms with Gasteiger partial charge in [-0.1, -0.05) is 266 Å². The quantitative estimate of drug-likeness (QED) is 0.0222. The minimum atomic E-state index is -4.94. The van der Waals surface area contributed by atoms with Gasteiger partial charge in [0.2, 0.25) is 0 Å². The summed E-state index contributed by atoms with van der Waals surface area (Å²) in [6.45, 7) is 9.41. The minimum absolute atomic E-state index is 0.105. The van der Waals surface area contributed by atoms with Gasteiger partial charge in [-0.3, -0.25) is 37.3 Å². The fraction of sp³-hybridized carbons (Fsp3) is 0.938. The number of carbonyl (C=O) groups excluding carboxylic acids is 4. The summed E-state index contributed by atoms with van der Waals surface area (Å²) in [5.41, 5.74) is 0. The normalized spacial score (nSPS) is 14.6. The average Bonchev–Trinajstić information content (AvgIpc) is 3.46. The van der Waals surface area contributed by atoms with Crippen molar-refractivity contribution in [1.82, 2.24) is 0 Å². The van der Waals surface area contributed by atoms with Crippen LogP contribution in [-0.4, -0.2) is 96.7 Å². The Morgan fingerprint density at radius 1 is 0.349 bits per heavy atom. The van der Waals surface area contributed by atoms with Crippen molar-refractivity contribution in [2.45, 2.75) is 336 Å². The first-order chi connectivity index (χ1) is 39.9. The molecule has 0 amide bonds. The van der Waals surface area contributed by atoms with Crippen LogP contribution in [0.15, 0.2) is 0 Å². The van der Waals surface area contributed by atoms with Gasteiger partial charge in [0.05, 0.1) is 26.4 Å². The Kier molecular flexibility index (Phi) is 55.2. The second-order valence-electron chi connectivity index (χ2n) is 23.9. The zero-order valence-electron chi connectivity index (χ0n) is 53.5. The number of hydrogen-bond acceptors (Lipinski definition) is 15. The highest BCUT2D eigenvalue weighted by Crippen LogP contribution is 2.45. The van der Waals surface area contributed by atoms with Gasteiger partial charge in [-0.25, -0.2) is 9.13 Å². The maximum atomic E-state index is 13.0. The van der Waals surface area contributed by atoms with E-state index in [1.165, 1.54) is 128 Å². The van der Waals surface area contributed by atoms with E-state index >= 15 is 0 Å². The minimum Gasteiger partial charge on any atom is -0.462 e. The summed E-state index contributed by atoms with van der Waals surface area (Å²) in [5.74, 6) is -0.574. The second kappa shape index (κ2) is 56.6. The highest BCUT2D eigenvalue weighted by molar-refractivity contribution is 7.47. The molecule has 0 aromatic heterocycles. The van der Waals surface area contributed by atoms with Crippen LogP contribution in [-0.2, 0) is 65.4 Å².